The normalized spacial score (nSPS) is 10.5. The zero-order chi connectivity index (χ0) is 16.6. The molecule has 0 spiro atoms. The molecule has 0 unspecified atom stereocenters. The van der Waals surface area contributed by atoms with Gasteiger partial charge in [0.25, 0.3) is 0 Å². The number of aromatic hydroxyl groups is 1. The van der Waals surface area contributed by atoms with Crippen molar-refractivity contribution in [1.82, 2.24) is 0 Å². The van der Waals surface area contributed by atoms with Crippen LogP contribution in [-0.4, -0.2) is 5.11 Å². The van der Waals surface area contributed by atoms with Gasteiger partial charge in [0.05, 0.1) is 0 Å². The molecule has 0 saturated heterocycles. The van der Waals surface area contributed by atoms with E-state index in [2.05, 4.69) is 11.5 Å². The molecule has 1 aromatic rings. The average molecular weight is 400 g/mol. The Bertz CT molecular complexity index is 384. The highest BCUT2D eigenvalue weighted by Gasteiger charge is 2.01. The quantitative estimate of drug-likeness (QED) is 0.355. The van der Waals surface area contributed by atoms with Gasteiger partial charge >= 0.3 is 0 Å². The van der Waals surface area contributed by atoms with Gasteiger partial charge in [0.15, 0.2) is 11.9 Å². The molecular weight excluding hydrogens is 362 g/mol. The predicted octanol–water partition coefficient (Wildman–Crippen LogP) is 3.17. The van der Waals surface area contributed by atoms with Crippen LogP contribution in [0.3, 0.4) is 0 Å². The molecule has 2 nitrogen and oxygen atoms in total. The number of aromatic nitrogens is 1. The zero-order valence-electron chi connectivity index (χ0n) is 15.7. The Kier molecular flexibility index (Phi) is 16.8. The van der Waals surface area contributed by atoms with Crippen molar-refractivity contribution in [2.24, 2.45) is 0 Å². The molecule has 1 rings (SSSR count). The molecule has 0 saturated carbocycles. The number of halogens is 1. The average Bonchev–Trinajstić information content (AvgIpc) is 2.55. The van der Waals surface area contributed by atoms with Crippen LogP contribution in [0.1, 0.15) is 96.8 Å². The Hall–Kier alpha value is -0.570. The predicted molar refractivity (Wildman–Crippen MR) is 98.6 cm³/mol. The van der Waals surface area contributed by atoms with E-state index < -0.39 is 0 Å². The van der Waals surface area contributed by atoms with Crippen LogP contribution in [0.15, 0.2) is 24.5 Å². The molecule has 0 aromatic carbocycles. The lowest BCUT2D eigenvalue weighted by molar-refractivity contribution is -0.697. The molecule has 3 heteroatoms. The van der Waals surface area contributed by atoms with Crippen LogP contribution in [-0.2, 0) is 6.54 Å². The van der Waals surface area contributed by atoms with E-state index in [1.165, 1.54) is 89.9 Å². The van der Waals surface area contributed by atoms with Crippen molar-refractivity contribution in [3.63, 3.8) is 0 Å². The highest BCUT2D eigenvalue weighted by Crippen LogP contribution is 2.13. The van der Waals surface area contributed by atoms with Crippen LogP contribution in [0.4, 0.5) is 0 Å². The molecule has 0 aliphatic rings. The van der Waals surface area contributed by atoms with Crippen molar-refractivity contribution in [1.29, 1.82) is 0 Å². The van der Waals surface area contributed by atoms with Gasteiger partial charge in [0.1, 0.15) is 6.54 Å². The third-order valence-corrected chi connectivity index (χ3v) is 4.61. The van der Waals surface area contributed by atoms with Gasteiger partial charge in [-0.2, -0.15) is 0 Å². The number of nitrogens with zero attached hydrogens (tertiary/aromatic N) is 1. The maximum atomic E-state index is 9.41. The first-order valence-corrected chi connectivity index (χ1v) is 10.0. The molecule has 0 amide bonds. The van der Waals surface area contributed by atoms with Gasteiger partial charge in [0, 0.05) is 12.5 Å². The summed E-state index contributed by atoms with van der Waals surface area (Å²) in [4.78, 5) is 0. The summed E-state index contributed by atoms with van der Waals surface area (Å²) < 4.78 is 2.08. The second-order valence-corrected chi connectivity index (χ2v) is 6.90. The molecule has 0 aliphatic heterocycles. The lowest BCUT2D eigenvalue weighted by atomic mass is 10.0. The highest BCUT2D eigenvalue weighted by molar-refractivity contribution is 5.09. The third kappa shape index (κ3) is 13.8. The van der Waals surface area contributed by atoms with E-state index in [0.29, 0.717) is 5.75 Å². The smallest absolute Gasteiger partial charge is 0.210 e. The Morgan fingerprint density at radius 2 is 1.21 bits per heavy atom. The van der Waals surface area contributed by atoms with E-state index in [-0.39, 0.29) is 17.0 Å². The maximum Gasteiger partial charge on any atom is 0.210 e. The number of unbranched alkanes of at least 4 members (excludes halogenated alkanes) is 13. The number of rotatable bonds is 15. The number of pyridine rings is 1. The lowest BCUT2D eigenvalue weighted by Crippen LogP contribution is -3.00. The Morgan fingerprint density at radius 3 is 1.67 bits per heavy atom. The van der Waals surface area contributed by atoms with Crippen molar-refractivity contribution >= 4 is 0 Å². The van der Waals surface area contributed by atoms with Gasteiger partial charge in [-0.1, -0.05) is 84.0 Å². The highest BCUT2D eigenvalue weighted by atomic mass is 79.9. The van der Waals surface area contributed by atoms with Crippen molar-refractivity contribution < 1.29 is 26.7 Å². The van der Waals surface area contributed by atoms with E-state index in [9.17, 15) is 5.11 Å². The van der Waals surface area contributed by atoms with E-state index in [1.54, 1.807) is 6.07 Å². The Balaban J connectivity index is 0.00000529. The molecule has 1 aromatic heterocycles. The summed E-state index contributed by atoms with van der Waals surface area (Å²) in [7, 11) is 0. The second kappa shape index (κ2) is 17.3. The van der Waals surface area contributed by atoms with Gasteiger partial charge in [-0.15, -0.1) is 0 Å². The molecule has 1 N–H and O–H groups in total. The van der Waals surface area contributed by atoms with Gasteiger partial charge in [-0.25, -0.2) is 4.57 Å². The minimum absolute atomic E-state index is 0. The van der Waals surface area contributed by atoms with Crippen molar-refractivity contribution in [3.8, 4) is 5.75 Å². The zero-order valence-corrected chi connectivity index (χ0v) is 17.3. The van der Waals surface area contributed by atoms with Crippen molar-refractivity contribution in [3.05, 3.63) is 24.5 Å². The first-order chi connectivity index (χ1) is 11.3. The van der Waals surface area contributed by atoms with Crippen LogP contribution in [0, 0.1) is 0 Å². The molecule has 0 radical (unpaired) electrons. The SMILES string of the molecule is CCCCCCCCCCCCCCCC[n+]1cccc(O)c1.[Br-]. The lowest BCUT2D eigenvalue weighted by Gasteiger charge is -2.03. The molecule has 1 heterocycles. The first kappa shape index (κ1) is 23.4. The summed E-state index contributed by atoms with van der Waals surface area (Å²) >= 11 is 0. The van der Waals surface area contributed by atoms with Crippen molar-refractivity contribution in [2.75, 3.05) is 0 Å². The molecule has 0 aliphatic carbocycles. The topological polar surface area (TPSA) is 24.1 Å². The van der Waals surface area contributed by atoms with Gasteiger partial charge in [-0.3, -0.25) is 0 Å². The fraction of sp³-hybridized carbons (Fsp3) is 0.762. The standard InChI is InChI=1S/C21H37NO.BrH/c1-2-3-4-5-6-7-8-9-10-11-12-13-14-15-18-22-19-16-17-21(23)20-22;/h16-17,19-20H,2-15,18H2,1H3;1H. The summed E-state index contributed by atoms with van der Waals surface area (Å²) in [6, 6.07) is 3.63. The maximum absolute atomic E-state index is 9.41. The monoisotopic (exact) mass is 399 g/mol. The molecule has 24 heavy (non-hydrogen) atoms. The van der Waals surface area contributed by atoms with Crippen molar-refractivity contribution in [2.45, 2.75) is 103 Å². The number of hydrogen-bond acceptors (Lipinski definition) is 1. The van der Waals surface area contributed by atoms with Crippen LogP contribution in [0.25, 0.3) is 0 Å². The van der Waals surface area contributed by atoms with Gasteiger partial charge in [0.2, 0.25) is 6.20 Å². The van der Waals surface area contributed by atoms with E-state index in [4.69, 9.17) is 0 Å². The molecule has 0 atom stereocenters. The fourth-order valence-electron chi connectivity index (χ4n) is 3.14. The van der Waals surface area contributed by atoms with Gasteiger partial charge < -0.3 is 22.1 Å². The minimum Gasteiger partial charge on any atom is -1.00 e. The van der Waals surface area contributed by atoms with E-state index in [1.807, 2.05) is 18.5 Å². The van der Waals surface area contributed by atoms with Crippen LogP contribution in [0.2, 0.25) is 0 Å². The van der Waals surface area contributed by atoms with E-state index in [0.717, 1.165) is 6.54 Å². The second-order valence-electron chi connectivity index (χ2n) is 6.90. The minimum atomic E-state index is 0. The van der Waals surface area contributed by atoms with Crippen LogP contribution >= 0.6 is 0 Å². The summed E-state index contributed by atoms with van der Waals surface area (Å²) in [5.74, 6) is 0.359. The van der Waals surface area contributed by atoms with Gasteiger partial charge in [-0.05, 0) is 12.5 Å². The Morgan fingerprint density at radius 1 is 0.750 bits per heavy atom. The summed E-state index contributed by atoms with van der Waals surface area (Å²) in [6.07, 6.45) is 23.4. The number of aryl methyl sites for hydroxylation is 1. The summed E-state index contributed by atoms with van der Waals surface area (Å²) in [5.41, 5.74) is 0. The summed E-state index contributed by atoms with van der Waals surface area (Å²) in [6.45, 7) is 3.30. The first-order valence-electron chi connectivity index (χ1n) is 10.0. The largest absolute Gasteiger partial charge is 1.00 e. The van der Waals surface area contributed by atoms with Crippen LogP contribution in [0.5, 0.6) is 5.75 Å². The summed E-state index contributed by atoms with van der Waals surface area (Å²) in [5, 5.41) is 9.41. The molecular formula is C21H38BrNO. The Labute approximate surface area is 160 Å². The fourth-order valence-corrected chi connectivity index (χ4v) is 3.14. The molecule has 0 fully saturated rings. The van der Waals surface area contributed by atoms with Crippen LogP contribution < -0.4 is 21.5 Å². The third-order valence-electron chi connectivity index (χ3n) is 4.61. The van der Waals surface area contributed by atoms with E-state index >= 15 is 0 Å². The number of hydrogen-bond donors (Lipinski definition) is 1. The molecule has 0 bridgehead atoms. The molecule has 140 valence electrons.